The number of esters is 2. The number of carbonyl (C=O) groups excluding carboxylic acids is 2. The Bertz CT molecular complexity index is 1120. The minimum Gasteiger partial charge on any atom is -0.468 e. The first-order valence-electron chi connectivity index (χ1n) is 11.2. The Balaban J connectivity index is 1.56. The number of allylic oxidation sites excluding steroid dienone is 2. The molecular weight excluding hydrogens is 402 g/mol. The lowest BCUT2D eigenvalue weighted by Gasteiger charge is -2.47. The van der Waals surface area contributed by atoms with Gasteiger partial charge in [-0.3, -0.25) is 4.90 Å². The summed E-state index contributed by atoms with van der Waals surface area (Å²) in [5.74, 6) is -0.380. The molecule has 0 aromatic heterocycles. The Morgan fingerprint density at radius 3 is 1.72 bits per heavy atom. The number of benzene rings is 2. The summed E-state index contributed by atoms with van der Waals surface area (Å²) in [6, 6.07) is 18.5. The first-order valence-corrected chi connectivity index (χ1v) is 11.2. The maximum atomic E-state index is 13.5. The minimum atomic E-state index is -0.983. The molecule has 3 fully saturated rings. The van der Waals surface area contributed by atoms with Gasteiger partial charge < -0.3 is 9.47 Å². The van der Waals surface area contributed by atoms with Gasteiger partial charge in [0.1, 0.15) is 0 Å². The molecule has 5 nitrogen and oxygen atoms in total. The highest BCUT2D eigenvalue weighted by atomic mass is 16.5. The fourth-order valence-corrected chi connectivity index (χ4v) is 7.78. The lowest BCUT2D eigenvalue weighted by atomic mass is 9.51. The van der Waals surface area contributed by atoms with Crippen molar-refractivity contribution >= 4 is 11.9 Å². The van der Waals surface area contributed by atoms with Gasteiger partial charge in [0, 0.05) is 30.2 Å². The van der Waals surface area contributed by atoms with E-state index >= 15 is 0 Å². The van der Waals surface area contributed by atoms with Gasteiger partial charge in [-0.25, -0.2) is 9.59 Å². The Labute approximate surface area is 188 Å². The number of ether oxygens (including phenoxy) is 2. The lowest BCUT2D eigenvalue weighted by Crippen LogP contribution is -2.64. The number of hydrogen-bond acceptors (Lipinski definition) is 5. The van der Waals surface area contributed by atoms with Crippen molar-refractivity contribution in [2.75, 3.05) is 14.2 Å². The first kappa shape index (κ1) is 19.7. The highest BCUT2D eigenvalue weighted by molar-refractivity contribution is 6.06. The van der Waals surface area contributed by atoms with Crippen LogP contribution in [-0.2, 0) is 25.6 Å². The molecule has 4 aliphatic rings. The molecule has 6 rings (SSSR count). The molecule has 164 valence electrons. The number of fused-ring (bicyclic) bond motifs is 11. The van der Waals surface area contributed by atoms with Crippen molar-refractivity contribution in [2.45, 2.75) is 43.3 Å². The van der Waals surface area contributed by atoms with Gasteiger partial charge in [0.25, 0.3) is 0 Å². The lowest BCUT2D eigenvalue weighted by molar-refractivity contribution is -0.162. The normalized spacial score (nSPS) is 37.0. The van der Waals surface area contributed by atoms with Crippen LogP contribution in [0.1, 0.15) is 42.4 Å². The summed E-state index contributed by atoms with van der Waals surface area (Å²) in [5, 5.41) is 0. The van der Waals surface area contributed by atoms with Crippen LogP contribution < -0.4 is 0 Å². The average molecular weight is 430 g/mol. The number of methoxy groups -OCH3 is 2. The maximum absolute atomic E-state index is 13.5. The third-order valence-corrected chi connectivity index (χ3v) is 8.54. The second-order valence-corrected chi connectivity index (χ2v) is 9.68. The van der Waals surface area contributed by atoms with E-state index in [2.05, 4.69) is 43.0 Å². The van der Waals surface area contributed by atoms with Gasteiger partial charge in [-0.05, 0) is 30.5 Å². The molecule has 5 heteroatoms. The van der Waals surface area contributed by atoms with Gasteiger partial charge in [0.15, 0.2) is 11.1 Å². The summed E-state index contributed by atoms with van der Waals surface area (Å²) in [5.41, 5.74) is 4.34. The molecule has 3 aliphatic carbocycles. The van der Waals surface area contributed by atoms with Crippen LogP contribution in [-0.4, -0.2) is 42.1 Å². The SMILES string of the molecule is COC(=O)C12C3C4C(=C(C)C)[C@@H](c5ccccc54)C3C1(C(=O)OC)N2Cc1ccccc1. The second kappa shape index (κ2) is 6.32. The van der Waals surface area contributed by atoms with Crippen molar-refractivity contribution in [3.63, 3.8) is 0 Å². The van der Waals surface area contributed by atoms with E-state index in [1.54, 1.807) is 0 Å². The zero-order valence-electron chi connectivity index (χ0n) is 18.8. The van der Waals surface area contributed by atoms with Crippen LogP contribution in [0.4, 0.5) is 0 Å². The number of hydrogen-bond donors (Lipinski definition) is 0. The number of nitrogens with zero attached hydrogens (tertiary/aromatic N) is 1. The van der Waals surface area contributed by atoms with Crippen molar-refractivity contribution in [1.82, 2.24) is 4.90 Å². The molecule has 1 heterocycles. The van der Waals surface area contributed by atoms with Gasteiger partial charge in [0.05, 0.1) is 14.2 Å². The molecule has 1 aliphatic heterocycles. The fourth-order valence-electron chi connectivity index (χ4n) is 7.78. The van der Waals surface area contributed by atoms with Gasteiger partial charge in [-0.1, -0.05) is 65.7 Å². The molecule has 0 spiro atoms. The highest BCUT2D eigenvalue weighted by Gasteiger charge is 3.01. The zero-order valence-corrected chi connectivity index (χ0v) is 18.8. The average Bonchev–Trinajstić information content (AvgIpc) is 3.02. The van der Waals surface area contributed by atoms with Gasteiger partial charge in [-0.15, -0.1) is 0 Å². The molecule has 2 bridgehead atoms. The number of carbonyl (C=O) groups is 2. The van der Waals surface area contributed by atoms with Crippen LogP contribution in [0.25, 0.3) is 0 Å². The third kappa shape index (κ3) is 1.88. The third-order valence-electron chi connectivity index (χ3n) is 8.54. The van der Waals surface area contributed by atoms with Crippen LogP contribution in [0, 0.1) is 11.8 Å². The van der Waals surface area contributed by atoms with Crippen molar-refractivity contribution in [3.05, 3.63) is 82.4 Å². The molecule has 2 aromatic rings. The molecule has 32 heavy (non-hydrogen) atoms. The van der Waals surface area contributed by atoms with Gasteiger partial charge >= 0.3 is 11.9 Å². The molecular formula is C27H27NO4. The van der Waals surface area contributed by atoms with Crippen LogP contribution in [0.2, 0.25) is 0 Å². The van der Waals surface area contributed by atoms with E-state index in [1.807, 2.05) is 30.3 Å². The monoisotopic (exact) mass is 429 g/mol. The van der Waals surface area contributed by atoms with E-state index in [9.17, 15) is 9.59 Å². The standard InChI is InChI=1S/C27H27NO4/c1-15(2)19-20-17-12-8-9-13-18(17)21(19)23-22(20)26(24(29)31-3)27(23,25(30)32-4)28(26)14-16-10-6-5-7-11-16/h5-13,20-23H,14H2,1-4H3/t20-,21?,22?,23?,26?,27?,28?/m1/s1. The summed E-state index contributed by atoms with van der Waals surface area (Å²) in [7, 11) is 2.85. The summed E-state index contributed by atoms with van der Waals surface area (Å²) in [6.07, 6.45) is 0. The van der Waals surface area contributed by atoms with Crippen LogP contribution in [0.15, 0.2) is 65.7 Å². The smallest absolute Gasteiger partial charge is 0.329 e. The van der Waals surface area contributed by atoms with Gasteiger partial charge in [-0.2, -0.15) is 0 Å². The molecule has 2 aromatic carbocycles. The molecule has 1 saturated heterocycles. The predicted octanol–water partition coefficient (Wildman–Crippen LogP) is 3.80. The highest BCUT2D eigenvalue weighted by Crippen LogP contribution is 2.86. The number of likely N-dealkylation sites (tertiary alicyclic amines) is 1. The Morgan fingerprint density at radius 2 is 1.28 bits per heavy atom. The Morgan fingerprint density at radius 1 is 0.812 bits per heavy atom. The number of rotatable bonds is 4. The van der Waals surface area contributed by atoms with E-state index in [-0.39, 0.29) is 35.6 Å². The quantitative estimate of drug-likeness (QED) is 0.320. The summed E-state index contributed by atoms with van der Waals surface area (Å²) in [4.78, 5) is 29.1. The topological polar surface area (TPSA) is 55.6 Å². The van der Waals surface area contributed by atoms with Crippen molar-refractivity contribution in [3.8, 4) is 0 Å². The van der Waals surface area contributed by atoms with E-state index in [1.165, 1.54) is 36.5 Å². The zero-order chi connectivity index (χ0) is 22.4. The summed E-state index contributed by atoms with van der Waals surface area (Å²) < 4.78 is 10.8. The van der Waals surface area contributed by atoms with Crippen molar-refractivity contribution in [2.24, 2.45) is 11.8 Å². The molecule has 0 N–H and O–H groups in total. The molecule has 0 radical (unpaired) electrons. The first-order chi connectivity index (χ1) is 15.5. The van der Waals surface area contributed by atoms with Crippen molar-refractivity contribution in [1.29, 1.82) is 0 Å². The molecule has 7 atom stereocenters. The van der Waals surface area contributed by atoms with Crippen LogP contribution >= 0.6 is 0 Å². The van der Waals surface area contributed by atoms with Crippen LogP contribution in [0.3, 0.4) is 0 Å². The molecule has 0 amide bonds. The molecule has 2 saturated carbocycles. The van der Waals surface area contributed by atoms with E-state index in [0.29, 0.717) is 6.54 Å². The van der Waals surface area contributed by atoms with Crippen LogP contribution in [0.5, 0.6) is 0 Å². The van der Waals surface area contributed by atoms with E-state index < -0.39 is 11.1 Å². The Hall–Kier alpha value is -2.92. The maximum Gasteiger partial charge on any atom is 0.329 e. The van der Waals surface area contributed by atoms with E-state index in [0.717, 1.165) is 5.56 Å². The largest absolute Gasteiger partial charge is 0.468 e. The van der Waals surface area contributed by atoms with E-state index in [4.69, 9.17) is 9.47 Å². The Kier molecular flexibility index (Phi) is 3.90. The van der Waals surface area contributed by atoms with Gasteiger partial charge in [0.2, 0.25) is 0 Å². The summed E-state index contributed by atoms with van der Waals surface area (Å²) in [6.45, 7) is 4.81. The predicted molar refractivity (Wildman–Crippen MR) is 119 cm³/mol. The molecule has 6 unspecified atom stereocenters. The summed E-state index contributed by atoms with van der Waals surface area (Å²) >= 11 is 0. The fraction of sp³-hybridized carbons (Fsp3) is 0.407. The second-order valence-electron chi connectivity index (χ2n) is 9.68. The van der Waals surface area contributed by atoms with Crippen molar-refractivity contribution < 1.29 is 19.1 Å². The minimum absolute atomic E-state index is 0.00237.